The van der Waals surface area contributed by atoms with Gasteiger partial charge in [0.1, 0.15) is 5.65 Å². The minimum atomic E-state index is -0.233. The summed E-state index contributed by atoms with van der Waals surface area (Å²) < 4.78 is 2.98. The molecular weight excluding hydrogens is 292 g/mol. The number of nitrogens with zero attached hydrogens (tertiary/aromatic N) is 3. The van der Waals surface area contributed by atoms with E-state index < -0.39 is 0 Å². The van der Waals surface area contributed by atoms with Crippen LogP contribution in [0.25, 0.3) is 5.65 Å². The minimum Gasteiger partial charge on any atom is -0.319 e. The Kier molecular flexibility index (Phi) is 2.85. The molecule has 3 aromatic heterocycles. The highest BCUT2D eigenvalue weighted by molar-refractivity contribution is 9.10. The number of pyridine rings is 2. The molecule has 4 nitrogen and oxygen atoms in total. The summed E-state index contributed by atoms with van der Waals surface area (Å²) in [4.78, 5) is 8.44. The molecular formula is C13H11BrN4. The van der Waals surface area contributed by atoms with E-state index in [1.54, 1.807) is 18.6 Å². The molecule has 0 aromatic carbocycles. The van der Waals surface area contributed by atoms with E-state index in [1.165, 1.54) is 0 Å². The smallest absolute Gasteiger partial charge is 0.137 e. The molecule has 3 rings (SSSR count). The van der Waals surface area contributed by atoms with Crippen LogP contribution in [0.1, 0.15) is 17.3 Å². The maximum atomic E-state index is 6.26. The van der Waals surface area contributed by atoms with Crippen LogP contribution in [0, 0.1) is 0 Å². The Morgan fingerprint density at radius 3 is 2.89 bits per heavy atom. The van der Waals surface area contributed by atoms with Crippen LogP contribution >= 0.6 is 15.9 Å². The average Bonchev–Trinajstić information content (AvgIpc) is 2.82. The predicted octanol–water partition coefficient (Wildman–Crippen LogP) is 2.54. The van der Waals surface area contributed by atoms with Crippen LogP contribution in [0.15, 0.2) is 53.5 Å². The highest BCUT2D eigenvalue weighted by Gasteiger charge is 2.13. The van der Waals surface area contributed by atoms with Crippen molar-refractivity contribution in [3.05, 3.63) is 64.8 Å². The van der Waals surface area contributed by atoms with Crippen LogP contribution < -0.4 is 5.73 Å². The molecule has 3 aromatic rings. The molecule has 5 heteroatoms. The summed E-state index contributed by atoms with van der Waals surface area (Å²) in [5.74, 6) is 0. The van der Waals surface area contributed by atoms with E-state index in [9.17, 15) is 0 Å². The topological polar surface area (TPSA) is 56.2 Å². The largest absolute Gasteiger partial charge is 0.319 e. The SMILES string of the molecule is NC(c1cccnc1)c1cnc2ccc(Br)cn12. The second-order valence-electron chi connectivity index (χ2n) is 4.02. The molecule has 3 heterocycles. The molecule has 1 unspecified atom stereocenters. The summed E-state index contributed by atoms with van der Waals surface area (Å²) in [7, 11) is 0. The lowest BCUT2D eigenvalue weighted by Crippen LogP contribution is -2.14. The first kappa shape index (κ1) is 11.4. The number of fused-ring (bicyclic) bond motifs is 1. The zero-order valence-corrected chi connectivity index (χ0v) is 11.1. The van der Waals surface area contributed by atoms with Gasteiger partial charge in [-0.2, -0.15) is 0 Å². The monoisotopic (exact) mass is 302 g/mol. The van der Waals surface area contributed by atoms with Gasteiger partial charge >= 0.3 is 0 Å². The molecule has 0 saturated heterocycles. The zero-order valence-electron chi connectivity index (χ0n) is 9.49. The van der Waals surface area contributed by atoms with E-state index in [0.29, 0.717) is 0 Å². The Hall–Kier alpha value is -1.72. The van der Waals surface area contributed by atoms with E-state index in [-0.39, 0.29) is 6.04 Å². The van der Waals surface area contributed by atoms with Crippen molar-refractivity contribution >= 4 is 21.6 Å². The normalized spacial score (nSPS) is 12.8. The van der Waals surface area contributed by atoms with Gasteiger partial charge < -0.3 is 10.1 Å². The lowest BCUT2D eigenvalue weighted by atomic mass is 10.1. The number of aromatic nitrogens is 3. The Labute approximate surface area is 113 Å². The molecule has 0 amide bonds. The minimum absolute atomic E-state index is 0.233. The van der Waals surface area contributed by atoms with Crippen LogP contribution in [-0.4, -0.2) is 14.4 Å². The van der Waals surface area contributed by atoms with Gasteiger partial charge in [-0.05, 0) is 39.7 Å². The van der Waals surface area contributed by atoms with Gasteiger partial charge in [-0.1, -0.05) is 6.07 Å². The molecule has 0 aliphatic heterocycles. The molecule has 2 N–H and O–H groups in total. The van der Waals surface area contributed by atoms with Gasteiger partial charge in [0.05, 0.1) is 17.9 Å². The van der Waals surface area contributed by atoms with Gasteiger partial charge in [0.15, 0.2) is 0 Å². The highest BCUT2D eigenvalue weighted by Crippen LogP contribution is 2.21. The van der Waals surface area contributed by atoms with Crippen molar-refractivity contribution in [2.75, 3.05) is 0 Å². The third-order valence-corrected chi connectivity index (χ3v) is 3.33. The number of hydrogen-bond donors (Lipinski definition) is 1. The standard InChI is InChI=1S/C13H11BrN4/c14-10-3-4-12-17-7-11(18(12)8-10)13(15)9-2-1-5-16-6-9/h1-8,13H,15H2. The van der Waals surface area contributed by atoms with Crippen molar-refractivity contribution < 1.29 is 0 Å². The average molecular weight is 303 g/mol. The number of halogens is 1. The van der Waals surface area contributed by atoms with Crippen LogP contribution in [-0.2, 0) is 0 Å². The summed E-state index contributed by atoms with van der Waals surface area (Å²) in [6, 6.07) is 7.53. The highest BCUT2D eigenvalue weighted by atomic mass is 79.9. The molecule has 1 atom stereocenters. The van der Waals surface area contributed by atoms with Crippen molar-refractivity contribution in [1.82, 2.24) is 14.4 Å². The molecule has 18 heavy (non-hydrogen) atoms. The zero-order chi connectivity index (χ0) is 12.5. The summed E-state index contributed by atoms with van der Waals surface area (Å²) >= 11 is 3.45. The second kappa shape index (κ2) is 4.51. The van der Waals surface area contributed by atoms with E-state index in [2.05, 4.69) is 25.9 Å². The van der Waals surface area contributed by atoms with Crippen LogP contribution in [0.5, 0.6) is 0 Å². The van der Waals surface area contributed by atoms with E-state index in [1.807, 2.05) is 34.9 Å². The third-order valence-electron chi connectivity index (χ3n) is 2.86. The third kappa shape index (κ3) is 1.91. The van der Waals surface area contributed by atoms with Crippen LogP contribution in [0.4, 0.5) is 0 Å². The molecule has 0 spiro atoms. The molecule has 0 bridgehead atoms. The Morgan fingerprint density at radius 2 is 2.11 bits per heavy atom. The fourth-order valence-electron chi connectivity index (χ4n) is 1.93. The van der Waals surface area contributed by atoms with Gasteiger partial charge in [-0.15, -0.1) is 0 Å². The molecule has 0 saturated carbocycles. The summed E-state index contributed by atoms with van der Waals surface area (Å²) in [6.45, 7) is 0. The van der Waals surface area contributed by atoms with Crippen molar-refractivity contribution in [1.29, 1.82) is 0 Å². The Bertz CT molecular complexity index is 678. The number of imidazole rings is 1. The quantitative estimate of drug-likeness (QED) is 0.791. The number of hydrogen-bond acceptors (Lipinski definition) is 3. The van der Waals surface area contributed by atoms with Crippen molar-refractivity contribution in [2.45, 2.75) is 6.04 Å². The van der Waals surface area contributed by atoms with E-state index in [0.717, 1.165) is 21.4 Å². The maximum Gasteiger partial charge on any atom is 0.137 e. The summed E-state index contributed by atoms with van der Waals surface area (Å²) in [5.41, 5.74) is 9.06. The molecule has 0 aliphatic rings. The van der Waals surface area contributed by atoms with Crippen molar-refractivity contribution in [3.63, 3.8) is 0 Å². The first-order valence-corrected chi connectivity index (χ1v) is 6.33. The van der Waals surface area contributed by atoms with E-state index in [4.69, 9.17) is 5.73 Å². The summed E-state index contributed by atoms with van der Waals surface area (Å²) in [6.07, 6.45) is 7.29. The maximum absolute atomic E-state index is 6.26. The lowest BCUT2D eigenvalue weighted by Gasteiger charge is -2.11. The Morgan fingerprint density at radius 1 is 1.22 bits per heavy atom. The molecule has 0 aliphatic carbocycles. The summed E-state index contributed by atoms with van der Waals surface area (Å²) in [5, 5.41) is 0. The number of nitrogens with two attached hydrogens (primary N) is 1. The number of rotatable bonds is 2. The second-order valence-corrected chi connectivity index (χ2v) is 4.94. The van der Waals surface area contributed by atoms with Gasteiger partial charge in [0.25, 0.3) is 0 Å². The molecule has 0 radical (unpaired) electrons. The lowest BCUT2D eigenvalue weighted by molar-refractivity contribution is 0.808. The van der Waals surface area contributed by atoms with Crippen LogP contribution in [0.3, 0.4) is 0 Å². The van der Waals surface area contributed by atoms with Gasteiger partial charge in [-0.3, -0.25) is 4.98 Å². The van der Waals surface area contributed by atoms with Crippen molar-refractivity contribution in [3.8, 4) is 0 Å². The fourth-order valence-corrected chi connectivity index (χ4v) is 2.27. The van der Waals surface area contributed by atoms with E-state index >= 15 is 0 Å². The van der Waals surface area contributed by atoms with Gasteiger partial charge in [-0.25, -0.2) is 4.98 Å². The molecule has 0 fully saturated rings. The fraction of sp³-hybridized carbons (Fsp3) is 0.0769. The van der Waals surface area contributed by atoms with Gasteiger partial charge in [0, 0.05) is 23.1 Å². The first-order valence-electron chi connectivity index (χ1n) is 5.54. The first-order chi connectivity index (χ1) is 8.75. The molecule has 90 valence electrons. The Balaban J connectivity index is 2.12. The predicted molar refractivity (Wildman–Crippen MR) is 73.2 cm³/mol. The van der Waals surface area contributed by atoms with Crippen molar-refractivity contribution in [2.24, 2.45) is 5.73 Å². The van der Waals surface area contributed by atoms with Crippen LogP contribution in [0.2, 0.25) is 0 Å². The van der Waals surface area contributed by atoms with Gasteiger partial charge in [0.2, 0.25) is 0 Å².